The fourth-order valence-corrected chi connectivity index (χ4v) is 12.3. The molecular formula is C80H60BClN8O2Y. The third-order valence-electron chi connectivity index (χ3n) is 17.5. The van der Waals surface area contributed by atoms with Gasteiger partial charge in [-0.05, 0) is 139 Å². The minimum Gasteiger partial charge on any atom is -0.399 e. The van der Waals surface area contributed by atoms with Crippen LogP contribution in [-0.4, -0.2) is 57.4 Å². The third kappa shape index (κ3) is 12.1. The largest absolute Gasteiger partial charge is 0.494 e. The SMILES string of the molecule is CC1(C)OB(c2ccc(-n3c4ccccc4c4ccccc43)cc2)OC1(C)C.Clc1nc(-c2ccccc2)nc(-c2ccc3ccccc3c2)n1.[Y].c1ccc(-c2nc(-c3ccc(-n4c5ccccc5c5ccccc54)cc3)nc(-c3ccc4ccccc4c3)n2)cc1. The van der Waals surface area contributed by atoms with Crippen molar-refractivity contribution in [2.45, 2.75) is 38.9 Å². The van der Waals surface area contributed by atoms with Crippen LogP contribution in [0.1, 0.15) is 27.7 Å². The number of nitrogens with zero attached hydrogens (tertiary/aromatic N) is 8. The van der Waals surface area contributed by atoms with Crippen molar-refractivity contribution in [2.75, 3.05) is 0 Å². The smallest absolute Gasteiger partial charge is 0.399 e. The summed E-state index contributed by atoms with van der Waals surface area (Å²) in [6.45, 7) is 8.33. The molecule has 93 heavy (non-hydrogen) atoms. The van der Waals surface area contributed by atoms with Gasteiger partial charge in [0.15, 0.2) is 29.1 Å². The number of halogens is 1. The van der Waals surface area contributed by atoms with E-state index in [1.54, 1.807) is 0 Å². The van der Waals surface area contributed by atoms with Crippen molar-refractivity contribution in [3.63, 3.8) is 0 Å². The van der Waals surface area contributed by atoms with Crippen molar-refractivity contribution in [3.05, 3.63) is 296 Å². The Balaban J connectivity index is 0.000000126. The summed E-state index contributed by atoms with van der Waals surface area (Å²) in [6.07, 6.45) is 0. The Morgan fingerprint density at radius 1 is 0.301 bits per heavy atom. The van der Waals surface area contributed by atoms with Gasteiger partial charge in [-0.3, -0.25) is 0 Å². The molecule has 10 nitrogen and oxygen atoms in total. The number of aromatic nitrogens is 8. The van der Waals surface area contributed by atoms with E-state index in [4.69, 9.17) is 35.9 Å². The zero-order valence-electron chi connectivity index (χ0n) is 51.6. The molecular weight excluding hydrogens is 1240 g/mol. The maximum absolute atomic E-state index is 6.19. The van der Waals surface area contributed by atoms with Crippen molar-refractivity contribution in [3.8, 4) is 68.3 Å². The monoisotopic (exact) mass is 1300 g/mol. The number of para-hydroxylation sites is 4. The fourth-order valence-electron chi connectivity index (χ4n) is 12.1. The first-order valence-electron chi connectivity index (χ1n) is 30.8. The van der Waals surface area contributed by atoms with Crippen molar-refractivity contribution in [1.82, 2.24) is 39.0 Å². The second-order valence-electron chi connectivity index (χ2n) is 23.9. The van der Waals surface area contributed by atoms with Gasteiger partial charge in [0, 0.05) is 93.4 Å². The van der Waals surface area contributed by atoms with Crippen LogP contribution in [0.2, 0.25) is 5.28 Å². The molecule has 16 aromatic rings. The zero-order valence-corrected chi connectivity index (χ0v) is 55.2. The van der Waals surface area contributed by atoms with Gasteiger partial charge in [0.25, 0.3) is 0 Å². The second kappa shape index (κ2) is 25.7. The van der Waals surface area contributed by atoms with E-state index in [9.17, 15) is 0 Å². The minimum atomic E-state index is -0.336. The van der Waals surface area contributed by atoms with Crippen LogP contribution in [0, 0.1) is 0 Å². The first kappa shape index (κ1) is 60.7. The van der Waals surface area contributed by atoms with Gasteiger partial charge >= 0.3 is 7.12 Å². The molecule has 0 aliphatic carbocycles. The Bertz CT molecular complexity index is 5270. The standard InChI is InChI=1S/C37H24N4.C24H24BNO2.C19H12ClN3.Y/c1-2-11-26(12-3-1)35-38-36(40-37(39-35)29-19-18-25-10-4-5-13-28(25)24-29)27-20-22-30(23-21-27)41-33-16-8-6-14-31(33)32-15-7-9-17-34(32)41;1-23(2)24(3,4)28-25(27-23)17-13-15-18(16-14-17)26-21-11-7-5-9-19(21)20-10-6-8-12-22(20)26;20-19-22-17(14-7-2-1-3-8-14)21-18(23-19)16-11-10-13-6-4-5-9-15(13)12-16;/h1-24H;5-16H,1-4H3;1-12H;. The molecule has 0 amide bonds. The minimum absolute atomic E-state index is 0. The molecule has 13 heteroatoms. The molecule has 4 aromatic heterocycles. The van der Waals surface area contributed by atoms with Crippen LogP contribution < -0.4 is 5.46 Å². The molecule has 1 aliphatic heterocycles. The van der Waals surface area contributed by atoms with Gasteiger partial charge in [-0.1, -0.05) is 218 Å². The van der Waals surface area contributed by atoms with Gasteiger partial charge in [0.2, 0.25) is 5.28 Å². The van der Waals surface area contributed by atoms with E-state index >= 15 is 0 Å². The Morgan fingerprint density at radius 2 is 0.591 bits per heavy atom. The predicted octanol–water partition coefficient (Wildman–Crippen LogP) is 19.2. The topological polar surface area (TPSA) is 106 Å². The van der Waals surface area contributed by atoms with Crippen molar-refractivity contribution < 1.29 is 42.0 Å². The number of rotatable bonds is 8. The Kier molecular flexibility index (Phi) is 16.8. The molecule has 5 heterocycles. The van der Waals surface area contributed by atoms with Crippen LogP contribution in [0.3, 0.4) is 0 Å². The zero-order chi connectivity index (χ0) is 62.3. The van der Waals surface area contributed by atoms with Gasteiger partial charge in [0.1, 0.15) is 0 Å². The molecule has 0 bridgehead atoms. The van der Waals surface area contributed by atoms with Crippen LogP contribution in [0.5, 0.6) is 0 Å². The van der Waals surface area contributed by atoms with E-state index in [0.29, 0.717) is 29.1 Å². The van der Waals surface area contributed by atoms with Crippen LogP contribution >= 0.6 is 11.6 Å². The van der Waals surface area contributed by atoms with Crippen LogP contribution in [0.4, 0.5) is 0 Å². The van der Waals surface area contributed by atoms with E-state index in [-0.39, 0.29) is 56.3 Å². The first-order valence-corrected chi connectivity index (χ1v) is 31.2. The molecule has 1 saturated heterocycles. The van der Waals surface area contributed by atoms with Crippen LogP contribution in [0.25, 0.3) is 133 Å². The summed E-state index contributed by atoms with van der Waals surface area (Å²) in [5.74, 6) is 3.12. The van der Waals surface area contributed by atoms with E-state index < -0.39 is 0 Å². The summed E-state index contributed by atoms with van der Waals surface area (Å²) in [7, 11) is -0.336. The van der Waals surface area contributed by atoms with Crippen LogP contribution in [0.15, 0.2) is 291 Å². The summed E-state index contributed by atoms with van der Waals surface area (Å²) in [5.41, 5.74) is 12.1. The first-order chi connectivity index (χ1) is 45.0. The Morgan fingerprint density at radius 3 is 0.989 bits per heavy atom. The Labute approximate surface area is 569 Å². The van der Waals surface area contributed by atoms with E-state index in [1.807, 2.05) is 78.9 Å². The van der Waals surface area contributed by atoms with Gasteiger partial charge in [-0.15, -0.1) is 0 Å². The van der Waals surface area contributed by atoms with E-state index in [0.717, 1.165) is 55.4 Å². The maximum Gasteiger partial charge on any atom is 0.494 e. The number of hydrogen-bond donors (Lipinski definition) is 0. The number of fused-ring (bicyclic) bond motifs is 8. The van der Waals surface area contributed by atoms with E-state index in [1.165, 1.54) is 54.4 Å². The average molecular weight is 1300 g/mol. The predicted molar refractivity (Wildman–Crippen MR) is 378 cm³/mol. The second-order valence-corrected chi connectivity index (χ2v) is 24.2. The number of benzene rings is 12. The molecule has 1 fully saturated rings. The van der Waals surface area contributed by atoms with Crippen molar-refractivity contribution in [1.29, 1.82) is 0 Å². The molecule has 445 valence electrons. The molecule has 17 rings (SSSR count). The summed E-state index contributed by atoms with van der Waals surface area (Å²) < 4.78 is 17.0. The molecule has 0 unspecified atom stereocenters. The summed E-state index contributed by atoms with van der Waals surface area (Å²) in [6, 6.07) is 100. The Hall–Kier alpha value is -9.84. The van der Waals surface area contributed by atoms with Crippen LogP contribution in [-0.2, 0) is 42.0 Å². The molecule has 0 spiro atoms. The molecule has 0 atom stereocenters. The van der Waals surface area contributed by atoms with E-state index in [2.05, 4.69) is 264 Å². The molecule has 0 N–H and O–H groups in total. The molecule has 12 aromatic carbocycles. The van der Waals surface area contributed by atoms with Crippen molar-refractivity contribution in [2.24, 2.45) is 0 Å². The van der Waals surface area contributed by atoms with Crippen molar-refractivity contribution >= 4 is 89.3 Å². The van der Waals surface area contributed by atoms with Gasteiger partial charge in [0.05, 0.1) is 33.3 Å². The quantitative estimate of drug-likeness (QED) is 0.139. The van der Waals surface area contributed by atoms with Gasteiger partial charge in [-0.25, -0.2) is 19.9 Å². The molecule has 0 saturated carbocycles. The summed E-state index contributed by atoms with van der Waals surface area (Å²) in [4.78, 5) is 27.9. The summed E-state index contributed by atoms with van der Waals surface area (Å²) >= 11 is 6.11. The van der Waals surface area contributed by atoms with Gasteiger partial charge in [-0.2, -0.15) is 9.97 Å². The number of hydrogen-bond acceptors (Lipinski definition) is 8. The average Bonchev–Trinajstić information content (AvgIpc) is 1.64. The molecule has 1 radical (unpaired) electrons. The summed E-state index contributed by atoms with van der Waals surface area (Å²) in [5, 5.41) is 9.90. The fraction of sp³-hybridized carbons (Fsp3) is 0.0750. The maximum atomic E-state index is 6.19. The normalized spacial score (nSPS) is 13.2. The molecule has 1 aliphatic rings. The third-order valence-corrected chi connectivity index (χ3v) is 17.7. The van der Waals surface area contributed by atoms with Gasteiger partial charge < -0.3 is 18.4 Å².